The lowest BCUT2D eigenvalue weighted by Crippen LogP contribution is -2.00. The highest BCUT2D eigenvalue weighted by atomic mass is 16.5. The van der Waals surface area contributed by atoms with E-state index >= 15 is 0 Å². The van der Waals surface area contributed by atoms with Gasteiger partial charge < -0.3 is 4.74 Å². The minimum Gasteiger partial charge on any atom is -0.494 e. The van der Waals surface area contributed by atoms with Crippen LogP contribution in [0.4, 0.5) is 0 Å². The highest BCUT2D eigenvalue weighted by molar-refractivity contribution is 5.20. The van der Waals surface area contributed by atoms with Crippen LogP contribution < -0.4 is 4.74 Å². The maximum atomic E-state index is 5.60. The van der Waals surface area contributed by atoms with Crippen LogP contribution in [0, 0.1) is 0 Å². The second-order valence-electron chi connectivity index (χ2n) is 3.59. The van der Waals surface area contributed by atoms with E-state index in [1.807, 2.05) is 54.7 Å². The maximum Gasteiger partial charge on any atom is 0.119 e. The van der Waals surface area contributed by atoms with Crippen LogP contribution in [0.2, 0.25) is 0 Å². The van der Waals surface area contributed by atoms with Crippen LogP contribution in [-0.4, -0.2) is 11.6 Å². The van der Waals surface area contributed by atoms with E-state index in [2.05, 4.69) is 4.98 Å². The van der Waals surface area contributed by atoms with Crippen LogP contribution >= 0.6 is 0 Å². The van der Waals surface area contributed by atoms with E-state index in [4.69, 9.17) is 4.74 Å². The molecule has 1 aromatic heterocycles. The van der Waals surface area contributed by atoms with Gasteiger partial charge in [-0.2, -0.15) is 0 Å². The Kier molecular flexibility index (Phi) is 3.94. The molecule has 0 N–H and O–H groups in total. The summed E-state index contributed by atoms with van der Waals surface area (Å²) in [7, 11) is 0. The first-order valence-corrected chi connectivity index (χ1v) is 5.53. The molecule has 0 radical (unpaired) electrons. The molecule has 0 amide bonds. The molecule has 2 nitrogen and oxygen atoms in total. The van der Waals surface area contributed by atoms with Gasteiger partial charge in [-0.1, -0.05) is 24.3 Å². The largest absolute Gasteiger partial charge is 0.494 e. The fourth-order valence-corrected chi connectivity index (χ4v) is 1.51. The summed E-state index contributed by atoms with van der Waals surface area (Å²) in [5.41, 5.74) is 1.12. The molecule has 2 heteroatoms. The van der Waals surface area contributed by atoms with Crippen molar-refractivity contribution in [2.75, 3.05) is 6.61 Å². The Hall–Kier alpha value is -1.83. The van der Waals surface area contributed by atoms with Crippen molar-refractivity contribution >= 4 is 0 Å². The number of aromatic nitrogens is 1. The van der Waals surface area contributed by atoms with Crippen LogP contribution in [0.1, 0.15) is 12.1 Å². The van der Waals surface area contributed by atoms with Crippen molar-refractivity contribution in [2.24, 2.45) is 0 Å². The van der Waals surface area contributed by atoms with Crippen LogP contribution in [-0.2, 0) is 6.42 Å². The Labute approximate surface area is 95.9 Å². The average Bonchev–Trinajstić information content (AvgIpc) is 2.37. The average molecular weight is 213 g/mol. The molecule has 0 spiro atoms. The van der Waals surface area contributed by atoms with Crippen molar-refractivity contribution < 1.29 is 4.74 Å². The zero-order valence-electron chi connectivity index (χ0n) is 9.17. The summed E-state index contributed by atoms with van der Waals surface area (Å²) in [5.74, 6) is 0.934. The normalized spacial score (nSPS) is 10.0. The lowest BCUT2D eigenvalue weighted by molar-refractivity contribution is 0.310. The Bertz CT molecular complexity index is 358. The fraction of sp³-hybridized carbons (Fsp3) is 0.214. The minimum atomic E-state index is 0.737. The number of para-hydroxylation sites is 1. The molecule has 1 heterocycles. The number of benzene rings is 1. The standard InChI is InChI=1S/C14H15NO/c1-2-9-14(10-3-1)16-12-6-8-13-7-4-5-11-15-13/h1-5,7,9-11H,6,8,12H2. The highest BCUT2D eigenvalue weighted by Gasteiger charge is 1.94. The second kappa shape index (κ2) is 5.91. The molecule has 0 aliphatic carbocycles. The van der Waals surface area contributed by atoms with Gasteiger partial charge in [0.1, 0.15) is 5.75 Å². The predicted octanol–water partition coefficient (Wildman–Crippen LogP) is 3.09. The molecular weight excluding hydrogens is 198 g/mol. The SMILES string of the molecule is c1ccc(OCCCc2ccccn2)cc1. The third kappa shape index (κ3) is 3.39. The van der Waals surface area contributed by atoms with Crippen molar-refractivity contribution in [1.82, 2.24) is 4.98 Å². The molecule has 0 saturated heterocycles. The lowest BCUT2D eigenvalue weighted by Gasteiger charge is -2.05. The number of hydrogen-bond acceptors (Lipinski definition) is 2. The highest BCUT2D eigenvalue weighted by Crippen LogP contribution is 2.09. The van der Waals surface area contributed by atoms with Crippen LogP contribution in [0.3, 0.4) is 0 Å². The summed E-state index contributed by atoms with van der Waals surface area (Å²) in [6, 6.07) is 15.9. The quantitative estimate of drug-likeness (QED) is 0.712. The molecular formula is C14H15NO. The van der Waals surface area contributed by atoms with E-state index in [-0.39, 0.29) is 0 Å². The minimum absolute atomic E-state index is 0.737. The molecule has 2 aromatic rings. The van der Waals surface area contributed by atoms with Crippen molar-refractivity contribution in [1.29, 1.82) is 0 Å². The summed E-state index contributed by atoms with van der Waals surface area (Å²) in [4.78, 5) is 4.27. The Morgan fingerprint density at radius 2 is 1.75 bits per heavy atom. The maximum absolute atomic E-state index is 5.60. The fourth-order valence-electron chi connectivity index (χ4n) is 1.51. The van der Waals surface area contributed by atoms with Crippen molar-refractivity contribution in [3.8, 4) is 5.75 Å². The van der Waals surface area contributed by atoms with Crippen LogP contribution in [0.15, 0.2) is 54.7 Å². The monoisotopic (exact) mass is 213 g/mol. The molecule has 0 unspecified atom stereocenters. The number of pyridine rings is 1. The van der Waals surface area contributed by atoms with Gasteiger partial charge in [-0.3, -0.25) is 4.98 Å². The summed E-state index contributed by atoms with van der Waals surface area (Å²) in [6.07, 6.45) is 3.78. The van der Waals surface area contributed by atoms with Crippen molar-refractivity contribution in [3.63, 3.8) is 0 Å². The van der Waals surface area contributed by atoms with E-state index in [9.17, 15) is 0 Å². The summed E-state index contributed by atoms with van der Waals surface area (Å²) in [6.45, 7) is 0.737. The zero-order valence-corrected chi connectivity index (χ0v) is 9.17. The zero-order chi connectivity index (χ0) is 11.1. The third-order valence-corrected chi connectivity index (χ3v) is 2.32. The molecule has 82 valence electrons. The summed E-state index contributed by atoms with van der Waals surface area (Å²) >= 11 is 0. The first-order valence-electron chi connectivity index (χ1n) is 5.53. The Morgan fingerprint density at radius 3 is 2.50 bits per heavy atom. The topological polar surface area (TPSA) is 22.1 Å². The van der Waals surface area contributed by atoms with Crippen LogP contribution in [0.25, 0.3) is 0 Å². The third-order valence-electron chi connectivity index (χ3n) is 2.32. The van der Waals surface area contributed by atoms with Crippen molar-refractivity contribution in [2.45, 2.75) is 12.8 Å². The molecule has 0 atom stereocenters. The van der Waals surface area contributed by atoms with Gasteiger partial charge in [0.15, 0.2) is 0 Å². The van der Waals surface area contributed by atoms with Crippen molar-refractivity contribution in [3.05, 3.63) is 60.4 Å². The molecule has 0 aliphatic heterocycles. The van der Waals surface area contributed by atoms with Gasteiger partial charge in [0, 0.05) is 11.9 Å². The number of ether oxygens (including phenoxy) is 1. The number of aryl methyl sites for hydroxylation is 1. The molecule has 2 rings (SSSR count). The number of hydrogen-bond donors (Lipinski definition) is 0. The van der Waals surface area contributed by atoms with Gasteiger partial charge in [0.05, 0.1) is 6.61 Å². The van der Waals surface area contributed by atoms with Gasteiger partial charge in [0.2, 0.25) is 0 Å². The molecule has 0 bridgehead atoms. The van der Waals surface area contributed by atoms with Gasteiger partial charge >= 0.3 is 0 Å². The van der Waals surface area contributed by atoms with E-state index in [1.165, 1.54) is 0 Å². The van der Waals surface area contributed by atoms with Crippen LogP contribution in [0.5, 0.6) is 5.75 Å². The van der Waals surface area contributed by atoms with E-state index in [0.29, 0.717) is 0 Å². The van der Waals surface area contributed by atoms with Gasteiger partial charge in [-0.05, 0) is 37.1 Å². The first kappa shape index (κ1) is 10.7. The second-order valence-corrected chi connectivity index (χ2v) is 3.59. The molecule has 0 saturated carbocycles. The molecule has 16 heavy (non-hydrogen) atoms. The summed E-state index contributed by atoms with van der Waals surface area (Å²) in [5, 5.41) is 0. The molecule has 1 aromatic carbocycles. The van der Waals surface area contributed by atoms with E-state index in [1.54, 1.807) is 0 Å². The molecule has 0 aliphatic rings. The Balaban J connectivity index is 1.70. The number of nitrogens with zero attached hydrogens (tertiary/aromatic N) is 1. The Morgan fingerprint density at radius 1 is 0.938 bits per heavy atom. The lowest BCUT2D eigenvalue weighted by atomic mass is 10.2. The predicted molar refractivity (Wildman–Crippen MR) is 64.5 cm³/mol. The summed E-state index contributed by atoms with van der Waals surface area (Å²) < 4.78 is 5.60. The molecule has 0 fully saturated rings. The van der Waals surface area contributed by atoms with E-state index in [0.717, 1.165) is 30.9 Å². The number of rotatable bonds is 5. The smallest absolute Gasteiger partial charge is 0.119 e. The van der Waals surface area contributed by atoms with Gasteiger partial charge in [-0.15, -0.1) is 0 Å². The van der Waals surface area contributed by atoms with Gasteiger partial charge in [-0.25, -0.2) is 0 Å². The van der Waals surface area contributed by atoms with Gasteiger partial charge in [0.25, 0.3) is 0 Å². The first-order chi connectivity index (χ1) is 7.95. The van der Waals surface area contributed by atoms with E-state index < -0.39 is 0 Å².